The van der Waals surface area contributed by atoms with Gasteiger partial charge in [-0.15, -0.1) is 0 Å². The molecule has 0 radical (unpaired) electrons. The Balaban J connectivity index is 2.06. The lowest BCUT2D eigenvalue weighted by atomic mass is 10.1. The second kappa shape index (κ2) is 4.31. The highest BCUT2D eigenvalue weighted by atomic mass is 79.9. The molecule has 1 aliphatic rings. The summed E-state index contributed by atoms with van der Waals surface area (Å²) in [5.74, 6) is -2.12. The van der Waals surface area contributed by atoms with Gasteiger partial charge in [-0.1, -0.05) is 13.8 Å². The third-order valence-electron chi connectivity index (χ3n) is 3.25. The number of hydrogen-bond donors (Lipinski definition) is 2. The van der Waals surface area contributed by atoms with Crippen LogP contribution in [0.4, 0.5) is 5.82 Å². The number of hydrogen-bond acceptors (Lipinski definition) is 4. The number of anilines is 1. The molecule has 0 spiro atoms. The van der Waals surface area contributed by atoms with Crippen LogP contribution in [-0.2, 0) is 9.59 Å². The molecule has 96 valence electrons. The summed E-state index contributed by atoms with van der Waals surface area (Å²) in [5.41, 5.74) is -0.515. The van der Waals surface area contributed by atoms with Gasteiger partial charge in [-0.3, -0.25) is 9.59 Å². The van der Waals surface area contributed by atoms with E-state index in [4.69, 9.17) is 5.11 Å². The second-order valence-corrected chi connectivity index (χ2v) is 5.64. The normalized spacial score (nSPS) is 24.4. The van der Waals surface area contributed by atoms with Crippen LogP contribution in [0.1, 0.15) is 13.8 Å². The fraction of sp³-hybridized carbons (Fsp3) is 0.455. The fourth-order valence-electron chi connectivity index (χ4n) is 2.17. The van der Waals surface area contributed by atoms with Crippen molar-refractivity contribution >= 4 is 33.6 Å². The molecule has 1 aromatic heterocycles. The van der Waals surface area contributed by atoms with E-state index < -0.39 is 23.2 Å². The molecule has 1 saturated carbocycles. The summed E-state index contributed by atoms with van der Waals surface area (Å²) in [6.07, 6.45) is 2.87. The van der Waals surface area contributed by atoms with Crippen molar-refractivity contribution in [2.45, 2.75) is 13.8 Å². The standard InChI is InChI=1S/C11H12BrN3O3/c1-11(2)7(8(11)10(17)18)9(16)15-6-4-13-5(12)3-14-6/h3-4,7-8H,1-2H3,(H,17,18)(H,14,15,16). The van der Waals surface area contributed by atoms with E-state index >= 15 is 0 Å². The van der Waals surface area contributed by atoms with Crippen LogP contribution in [0, 0.1) is 17.3 Å². The maximum absolute atomic E-state index is 11.9. The van der Waals surface area contributed by atoms with Crippen molar-refractivity contribution in [3.63, 3.8) is 0 Å². The topological polar surface area (TPSA) is 92.2 Å². The Morgan fingerprint density at radius 3 is 2.44 bits per heavy atom. The highest BCUT2D eigenvalue weighted by Gasteiger charge is 2.65. The minimum Gasteiger partial charge on any atom is -0.481 e. The number of carbonyl (C=O) groups excluding carboxylic acids is 1. The number of nitrogens with zero attached hydrogens (tertiary/aromatic N) is 2. The molecular formula is C11H12BrN3O3. The zero-order chi connectivity index (χ0) is 13.5. The third-order valence-corrected chi connectivity index (χ3v) is 3.66. The Hall–Kier alpha value is -1.50. The van der Waals surface area contributed by atoms with Crippen molar-refractivity contribution in [1.82, 2.24) is 9.97 Å². The number of carboxylic acid groups (broad SMARTS) is 1. The predicted octanol–water partition coefficient (Wildman–Crippen LogP) is 1.53. The van der Waals surface area contributed by atoms with E-state index in [1.165, 1.54) is 12.4 Å². The number of aromatic nitrogens is 2. The molecule has 0 aliphatic heterocycles. The van der Waals surface area contributed by atoms with Crippen LogP contribution in [0.15, 0.2) is 17.0 Å². The lowest BCUT2D eigenvalue weighted by molar-refractivity contribution is -0.140. The van der Waals surface area contributed by atoms with Crippen molar-refractivity contribution in [2.24, 2.45) is 17.3 Å². The number of carbonyl (C=O) groups is 2. The minimum atomic E-state index is -0.943. The van der Waals surface area contributed by atoms with E-state index in [0.29, 0.717) is 10.4 Å². The Kier molecular flexibility index (Phi) is 3.10. The Labute approximate surface area is 112 Å². The van der Waals surface area contributed by atoms with Crippen LogP contribution in [0.25, 0.3) is 0 Å². The molecule has 2 N–H and O–H groups in total. The van der Waals surface area contributed by atoms with Crippen molar-refractivity contribution < 1.29 is 14.7 Å². The molecule has 2 unspecified atom stereocenters. The second-order valence-electron chi connectivity index (χ2n) is 4.83. The molecule has 1 fully saturated rings. The van der Waals surface area contributed by atoms with E-state index in [9.17, 15) is 9.59 Å². The summed E-state index contributed by atoms with van der Waals surface area (Å²) in [7, 11) is 0. The predicted molar refractivity (Wildman–Crippen MR) is 66.8 cm³/mol. The molecule has 0 aromatic carbocycles. The van der Waals surface area contributed by atoms with Crippen molar-refractivity contribution in [1.29, 1.82) is 0 Å². The first-order valence-corrected chi connectivity index (χ1v) is 6.14. The SMILES string of the molecule is CC1(C)C(C(=O)O)C1C(=O)Nc1cnc(Br)cn1. The van der Waals surface area contributed by atoms with Crippen LogP contribution in [0.3, 0.4) is 0 Å². The van der Waals surface area contributed by atoms with Crippen molar-refractivity contribution in [2.75, 3.05) is 5.32 Å². The Bertz CT molecular complexity index is 501. The number of rotatable bonds is 3. The monoisotopic (exact) mass is 313 g/mol. The van der Waals surface area contributed by atoms with Gasteiger partial charge in [0.2, 0.25) is 5.91 Å². The molecule has 1 heterocycles. The van der Waals surface area contributed by atoms with Crippen molar-refractivity contribution in [3.8, 4) is 0 Å². The molecule has 1 aromatic rings. The molecule has 6 nitrogen and oxygen atoms in total. The lowest BCUT2D eigenvalue weighted by Gasteiger charge is -2.04. The van der Waals surface area contributed by atoms with Crippen LogP contribution >= 0.6 is 15.9 Å². The van der Waals surface area contributed by atoms with E-state index in [-0.39, 0.29) is 5.91 Å². The van der Waals surface area contributed by atoms with Crippen molar-refractivity contribution in [3.05, 3.63) is 17.0 Å². The van der Waals surface area contributed by atoms with Gasteiger partial charge in [0.15, 0.2) is 5.82 Å². The zero-order valence-corrected chi connectivity index (χ0v) is 11.4. The maximum atomic E-state index is 11.9. The molecule has 1 aliphatic carbocycles. The van der Waals surface area contributed by atoms with Crippen LogP contribution in [0.2, 0.25) is 0 Å². The highest BCUT2D eigenvalue weighted by Crippen LogP contribution is 2.58. The molecule has 2 rings (SSSR count). The Morgan fingerprint density at radius 1 is 1.33 bits per heavy atom. The third kappa shape index (κ3) is 2.22. The summed E-state index contributed by atoms with van der Waals surface area (Å²) < 4.78 is 0.565. The van der Waals surface area contributed by atoms with Crippen LogP contribution in [0.5, 0.6) is 0 Å². The number of carboxylic acids is 1. The zero-order valence-electron chi connectivity index (χ0n) is 9.85. The number of halogens is 1. The number of nitrogens with one attached hydrogen (secondary N) is 1. The molecule has 18 heavy (non-hydrogen) atoms. The molecule has 2 atom stereocenters. The fourth-order valence-corrected chi connectivity index (χ4v) is 2.37. The largest absolute Gasteiger partial charge is 0.481 e. The molecule has 7 heteroatoms. The van der Waals surface area contributed by atoms with Gasteiger partial charge in [-0.05, 0) is 21.3 Å². The smallest absolute Gasteiger partial charge is 0.307 e. The van der Waals surface area contributed by atoms with E-state index in [0.717, 1.165) is 0 Å². The number of amides is 1. The summed E-state index contributed by atoms with van der Waals surface area (Å²) in [5, 5.41) is 11.6. The minimum absolute atomic E-state index is 0.315. The molecule has 1 amide bonds. The summed E-state index contributed by atoms with van der Waals surface area (Å²) in [6.45, 7) is 3.53. The molecule has 0 bridgehead atoms. The van der Waals surface area contributed by atoms with Crippen LogP contribution < -0.4 is 5.32 Å². The molecule has 0 saturated heterocycles. The molecular weight excluding hydrogens is 302 g/mol. The highest BCUT2D eigenvalue weighted by molar-refractivity contribution is 9.10. The number of aliphatic carboxylic acids is 1. The van der Waals surface area contributed by atoms with E-state index in [1.54, 1.807) is 13.8 Å². The quantitative estimate of drug-likeness (QED) is 0.883. The van der Waals surface area contributed by atoms with Gasteiger partial charge in [0.25, 0.3) is 0 Å². The summed E-state index contributed by atoms with van der Waals surface area (Å²) in [4.78, 5) is 30.8. The van der Waals surface area contributed by atoms with Gasteiger partial charge in [0.1, 0.15) is 4.60 Å². The van der Waals surface area contributed by atoms with Gasteiger partial charge in [0, 0.05) is 0 Å². The first-order chi connectivity index (χ1) is 8.34. The first kappa shape index (κ1) is 12.9. The summed E-state index contributed by atoms with van der Waals surface area (Å²) in [6, 6.07) is 0. The van der Waals surface area contributed by atoms with E-state index in [2.05, 4.69) is 31.2 Å². The van der Waals surface area contributed by atoms with Gasteiger partial charge in [0.05, 0.1) is 24.2 Å². The lowest BCUT2D eigenvalue weighted by Crippen LogP contribution is -2.18. The van der Waals surface area contributed by atoms with Crippen LogP contribution in [-0.4, -0.2) is 27.0 Å². The first-order valence-electron chi connectivity index (χ1n) is 5.35. The average Bonchev–Trinajstić information content (AvgIpc) is 2.85. The Morgan fingerprint density at radius 2 is 2.00 bits per heavy atom. The van der Waals surface area contributed by atoms with Gasteiger partial charge in [-0.2, -0.15) is 0 Å². The van der Waals surface area contributed by atoms with Gasteiger partial charge in [-0.25, -0.2) is 9.97 Å². The average molecular weight is 314 g/mol. The van der Waals surface area contributed by atoms with Gasteiger partial charge < -0.3 is 10.4 Å². The van der Waals surface area contributed by atoms with Gasteiger partial charge >= 0.3 is 5.97 Å². The van der Waals surface area contributed by atoms with E-state index in [1.807, 2.05) is 0 Å². The maximum Gasteiger partial charge on any atom is 0.307 e. The summed E-state index contributed by atoms with van der Waals surface area (Å²) >= 11 is 3.14.